The van der Waals surface area contributed by atoms with E-state index < -0.39 is 17.9 Å². The molecule has 5 heteroatoms. The number of carbonyl (C=O) groups excluding carboxylic acids is 1. The second-order valence-corrected chi connectivity index (χ2v) is 5.61. The van der Waals surface area contributed by atoms with Gasteiger partial charge in [-0.05, 0) is 18.6 Å². The summed E-state index contributed by atoms with van der Waals surface area (Å²) in [6.45, 7) is 2.99. The highest BCUT2D eigenvalue weighted by atomic mass is 35.5. The second-order valence-electron chi connectivity index (χ2n) is 5.20. The normalized spacial score (nSPS) is 14.8. The lowest BCUT2D eigenvalue weighted by Crippen LogP contribution is -2.43. The van der Waals surface area contributed by atoms with Gasteiger partial charge in [0.05, 0.1) is 6.61 Å². The molecule has 0 saturated carbocycles. The molecule has 1 N–H and O–H groups in total. The van der Waals surface area contributed by atoms with Gasteiger partial charge in [0, 0.05) is 17.5 Å². The van der Waals surface area contributed by atoms with E-state index in [1.54, 1.807) is 31.2 Å². The van der Waals surface area contributed by atoms with E-state index in [4.69, 9.17) is 21.1 Å². The Morgan fingerprint density at radius 1 is 1.17 bits per heavy atom. The van der Waals surface area contributed by atoms with Gasteiger partial charge in [-0.3, -0.25) is 4.79 Å². The van der Waals surface area contributed by atoms with Crippen molar-refractivity contribution < 1.29 is 19.4 Å². The van der Waals surface area contributed by atoms with Gasteiger partial charge in [-0.25, -0.2) is 0 Å². The minimum atomic E-state index is -1.85. The van der Waals surface area contributed by atoms with Gasteiger partial charge in [0.15, 0.2) is 6.10 Å². The lowest BCUT2D eigenvalue weighted by atomic mass is 10.0. The monoisotopic (exact) mass is 334 g/mol. The molecule has 0 fully saturated rings. The molecule has 23 heavy (non-hydrogen) atoms. The molecule has 0 bridgehead atoms. The molecule has 0 aliphatic heterocycles. The van der Waals surface area contributed by atoms with E-state index in [-0.39, 0.29) is 6.61 Å². The van der Waals surface area contributed by atoms with Crippen molar-refractivity contribution in [3.8, 4) is 0 Å². The van der Waals surface area contributed by atoms with Gasteiger partial charge in [0.2, 0.25) is 5.79 Å². The lowest BCUT2D eigenvalue weighted by molar-refractivity contribution is -0.273. The smallest absolute Gasteiger partial charge is 0.303 e. The van der Waals surface area contributed by atoms with Crippen LogP contribution in [0.5, 0.6) is 0 Å². The third kappa shape index (κ3) is 4.32. The Kier molecular flexibility index (Phi) is 5.77. The molecule has 4 nitrogen and oxygen atoms in total. The first-order valence-corrected chi connectivity index (χ1v) is 7.63. The number of esters is 1. The first kappa shape index (κ1) is 17.5. The van der Waals surface area contributed by atoms with Crippen molar-refractivity contribution in [2.75, 3.05) is 0 Å². The van der Waals surface area contributed by atoms with Crippen LogP contribution in [0.25, 0.3) is 0 Å². The molecule has 2 aromatic rings. The largest absolute Gasteiger partial charge is 0.457 e. The number of hydrogen-bond donors (Lipinski definition) is 1. The summed E-state index contributed by atoms with van der Waals surface area (Å²) in [6.07, 6.45) is -0.927. The molecule has 0 aliphatic rings. The topological polar surface area (TPSA) is 55.8 Å². The summed E-state index contributed by atoms with van der Waals surface area (Å²) in [7, 11) is 0. The van der Waals surface area contributed by atoms with Crippen LogP contribution in [0, 0.1) is 0 Å². The molecule has 0 saturated heterocycles. The molecule has 122 valence electrons. The fourth-order valence-corrected chi connectivity index (χ4v) is 2.53. The molecule has 2 unspecified atom stereocenters. The zero-order valence-corrected chi connectivity index (χ0v) is 13.8. The van der Waals surface area contributed by atoms with E-state index in [1.165, 1.54) is 6.92 Å². The highest BCUT2D eigenvalue weighted by Crippen LogP contribution is 2.34. The fraction of sp³-hybridized carbons (Fsp3) is 0.278. The maximum absolute atomic E-state index is 11.3. The predicted molar refractivity (Wildman–Crippen MR) is 87.8 cm³/mol. The summed E-state index contributed by atoms with van der Waals surface area (Å²) in [5.41, 5.74) is 1.24. The molecule has 0 aliphatic carbocycles. The number of aliphatic hydroxyl groups is 1. The minimum absolute atomic E-state index is 0.147. The summed E-state index contributed by atoms with van der Waals surface area (Å²) >= 11 is 6.19. The molecule has 2 atom stereocenters. The van der Waals surface area contributed by atoms with E-state index >= 15 is 0 Å². The van der Waals surface area contributed by atoms with Crippen molar-refractivity contribution in [1.82, 2.24) is 0 Å². The maximum Gasteiger partial charge on any atom is 0.303 e. The Morgan fingerprint density at radius 3 is 2.39 bits per heavy atom. The van der Waals surface area contributed by atoms with Crippen molar-refractivity contribution in [1.29, 1.82) is 0 Å². The second kappa shape index (κ2) is 7.59. The highest BCUT2D eigenvalue weighted by molar-refractivity contribution is 6.31. The number of halogens is 1. The van der Waals surface area contributed by atoms with Gasteiger partial charge in [-0.1, -0.05) is 60.1 Å². The zero-order valence-electron chi connectivity index (χ0n) is 13.0. The van der Waals surface area contributed by atoms with Gasteiger partial charge in [-0.2, -0.15) is 0 Å². The average molecular weight is 335 g/mol. The highest BCUT2D eigenvalue weighted by Gasteiger charge is 2.41. The Bertz CT molecular complexity index is 659. The van der Waals surface area contributed by atoms with Gasteiger partial charge < -0.3 is 14.6 Å². The number of hydrogen-bond acceptors (Lipinski definition) is 4. The van der Waals surface area contributed by atoms with Crippen molar-refractivity contribution in [3.05, 3.63) is 70.7 Å². The zero-order chi connectivity index (χ0) is 16.9. The summed E-state index contributed by atoms with van der Waals surface area (Å²) in [5.74, 6) is -2.36. The SMILES string of the molecule is CC(=O)OC(C)C(O)(OCc1ccccc1)c1ccccc1Cl. The number of rotatable bonds is 6. The van der Waals surface area contributed by atoms with Crippen molar-refractivity contribution in [3.63, 3.8) is 0 Å². The number of benzene rings is 2. The minimum Gasteiger partial charge on any atom is -0.457 e. The van der Waals surface area contributed by atoms with Crippen molar-refractivity contribution >= 4 is 17.6 Å². The van der Waals surface area contributed by atoms with Crippen LogP contribution in [0.1, 0.15) is 25.0 Å². The Hall–Kier alpha value is -1.88. The van der Waals surface area contributed by atoms with Crippen LogP contribution >= 0.6 is 11.6 Å². The quantitative estimate of drug-likeness (QED) is 0.647. The standard InChI is InChI=1S/C18H19ClO4/c1-13(23-14(2)20)18(21,16-10-6-7-11-17(16)19)22-12-15-8-4-3-5-9-15/h3-11,13,21H,12H2,1-2H3. The van der Waals surface area contributed by atoms with Gasteiger partial charge in [0.1, 0.15) is 0 Å². The van der Waals surface area contributed by atoms with Crippen LogP contribution in [0.15, 0.2) is 54.6 Å². The van der Waals surface area contributed by atoms with E-state index in [1.807, 2.05) is 30.3 Å². The fourth-order valence-electron chi connectivity index (χ4n) is 2.26. The summed E-state index contributed by atoms with van der Waals surface area (Å²) < 4.78 is 10.9. The van der Waals surface area contributed by atoms with Gasteiger partial charge in [-0.15, -0.1) is 0 Å². The molecule has 2 rings (SSSR count). The molecule has 0 aromatic heterocycles. The van der Waals surface area contributed by atoms with E-state index in [2.05, 4.69) is 0 Å². The molecule has 0 amide bonds. The van der Waals surface area contributed by atoms with Crippen LogP contribution in [-0.2, 0) is 26.7 Å². The summed E-state index contributed by atoms with van der Waals surface area (Å²) in [6, 6.07) is 16.2. The Balaban J connectivity index is 2.31. The van der Waals surface area contributed by atoms with E-state index in [0.717, 1.165) is 5.56 Å². The third-order valence-electron chi connectivity index (χ3n) is 3.46. The third-order valence-corrected chi connectivity index (χ3v) is 3.78. The molecule has 0 radical (unpaired) electrons. The van der Waals surface area contributed by atoms with Gasteiger partial charge in [0.25, 0.3) is 0 Å². The molecule has 0 heterocycles. The van der Waals surface area contributed by atoms with Crippen LogP contribution < -0.4 is 0 Å². The first-order chi connectivity index (χ1) is 10.9. The van der Waals surface area contributed by atoms with Gasteiger partial charge >= 0.3 is 5.97 Å². The first-order valence-electron chi connectivity index (χ1n) is 7.26. The molecule has 0 spiro atoms. The summed E-state index contributed by atoms with van der Waals surface area (Å²) in [4.78, 5) is 11.3. The molecular formula is C18H19ClO4. The Labute approximate surface area is 140 Å². The van der Waals surface area contributed by atoms with Crippen LogP contribution in [-0.4, -0.2) is 17.2 Å². The van der Waals surface area contributed by atoms with Crippen molar-refractivity contribution in [2.24, 2.45) is 0 Å². The summed E-state index contributed by atoms with van der Waals surface area (Å²) in [5, 5.41) is 11.4. The predicted octanol–water partition coefficient (Wildman–Crippen LogP) is 3.65. The van der Waals surface area contributed by atoms with E-state index in [0.29, 0.717) is 10.6 Å². The van der Waals surface area contributed by atoms with E-state index in [9.17, 15) is 9.90 Å². The Morgan fingerprint density at radius 2 is 1.78 bits per heavy atom. The number of carbonyl (C=O) groups is 1. The van der Waals surface area contributed by atoms with Crippen LogP contribution in [0.3, 0.4) is 0 Å². The lowest BCUT2D eigenvalue weighted by Gasteiger charge is -2.34. The maximum atomic E-state index is 11.3. The van der Waals surface area contributed by atoms with Crippen molar-refractivity contribution in [2.45, 2.75) is 32.3 Å². The van der Waals surface area contributed by atoms with Crippen LogP contribution in [0.4, 0.5) is 0 Å². The molecular weight excluding hydrogens is 316 g/mol. The average Bonchev–Trinajstić information content (AvgIpc) is 2.53. The number of ether oxygens (including phenoxy) is 2. The van der Waals surface area contributed by atoms with Crippen LogP contribution in [0.2, 0.25) is 5.02 Å². The molecule has 2 aromatic carbocycles.